The molecule has 2 aliphatic heterocycles. The number of hydrogen-bond donors (Lipinski definition) is 1. The van der Waals surface area contributed by atoms with Crippen LogP contribution in [0.15, 0.2) is 52.3 Å². The number of thioether (sulfide) groups is 1. The second-order valence-electron chi connectivity index (χ2n) is 8.83. The average Bonchev–Trinajstić information content (AvgIpc) is 2.98. The highest BCUT2D eigenvalue weighted by Crippen LogP contribution is 2.39. The minimum absolute atomic E-state index is 0.0122. The lowest BCUT2D eigenvalue weighted by Crippen LogP contribution is -2.41. The zero-order chi connectivity index (χ0) is 25.0. The van der Waals surface area contributed by atoms with E-state index in [2.05, 4.69) is 5.32 Å². The van der Waals surface area contributed by atoms with Crippen molar-refractivity contribution in [1.29, 1.82) is 0 Å². The second-order valence-corrected chi connectivity index (χ2v) is 12.2. The Hall–Kier alpha value is -2.56. The number of piperidine rings is 1. The van der Waals surface area contributed by atoms with Crippen LogP contribution in [0, 0.1) is 0 Å². The molecule has 0 radical (unpaired) electrons. The molecule has 2 amide bonds. The molecule has 1 N–H and O–H groups in total. The Labute approximate surface area is 211 Å². The van der Waals surface area contributed by atoms with E-state index in [1.54, 1.807) is 25.3 Å². The maximum Gasteiger partial charge on any atom is 0.243 e. The van der Waals surface area contributed by atoms with Crippen LogP contribution in [0.2, 0.25) is 0 Å². The third-order valence-corrected chi connectivity index (χ3v) is 9.28. The lowest BCUT2D eigenvalue weighted by atomic mass is 10.2. The molecule has 2 heterocycles. The van der Waals surface area contributed by atoms with Crippen molar-refractivity contribution in [2.45, 2.75) is 54.2 Å². The summed E-state index contributed by atoms with van der Waals surface area (Å²) < 4.78 is 33.2. The zero-order valence-corrected chi connectivity index (χ0v) is 21.7. The molecule has 0 saturated carbocycles. The first-order chi connectivity index (χ1) is 16.8. The Kier molecular flexibility index (Phi) is 8.03. The summed E-state index contributed by atoms with van der Waals surface area (Å²) in [6.45, 7) is 3.09. The molecule has 0 bridgehead atoms. The normalized spacial score (nSPS) is 19.1. The monoisotopic (exact) mass is 517 g/mol. The predicted octanol–water partition coefficient (Wildman–Crippen LogP) is 3.40. The van der Waals surface area contributed by atoms with Crippen molar-refractivity contribution in [3.8, 4) is 5.75 Å². The number of ether oxygens (including phenoxy) is 1. The number of nitrogens with one attached hydrogen (secondary N) is 1. The van der Waals surface area contributed by atoms with Gasteiger partial charge in [-0.2, -0.15) is 4.31 Å². The van der Waals surface area contributed by atoms with Crippen LogP contribution in [0.25, 0.3) is 0 Å². The van der Waals surface area contributed by atoms with Gasteiger partial charge in [-0.05, 0) is 48.7 Å². The van der Waals surface area contributed by atoms with Crippen molar-refractivity contribution in [2.75, 3.05) is 31.6 Å². The van der Waals surface area contributed by atoms with Gasteiger partial charge in [-0.3, -0.25) is 9.59 Å². The van der Waals surface area contributed by atoms with E-state index < -0.39 is 10.0 Å². The lowest BCUT2D eigenvalue weighted by molar-refractivity contribution is -0.123. The molecule has 0 aromatic heterocycles. The van der Waals surface area contributed by atoms with E-state index in [0.29, 0.717) is 25.3 Å². The van der Waals surface area contributed by atoms with Crippen molar-refractivity contribution in [1.82, 2.24) is 9.62 Å². The number of methoxy groups -OCH3 is 1. The number of carbonyl (C=O) groups excluding carboxylic acids is 2. The quantitative estimate of drug-likeness (QED) is 0.605. The van der Waals surface area contributed by atoms with E-state index in [4.69, 9.17) is 4.74 Å². The zero-order valence-electron chi connectivity index (χ0n) is 20.0. The maximum absolute atomic E-state index is 13.3. The number of sulfonamides is 1. The number of amides is 2. The summed E-state index contributed by atoms with van der Waals surface area (Å²) in [7, 11) is -2.07. The van der Waals surface area contributed by atoms with Crippen molar-refractivity contribution in [3.63, 3.8) is 0 Å². The van der Waals surface area contributed by atoms with E-state index in [1.165, 1.54) is 21.0 Å². The first-order valence-electron chi connectivity index (χ1n) is 11.8. The summed E-state index contributed by atoms with van der Waals surface area (Å²) in [6.07, 6.45) is 2.98. The van der Waals surface area contributed by atoms with Gasteiger partial charge in [0.05, 0.1) is 17.7 Å². The highest BCUT2D eigenvalue weighted by Gasteiger charge is 2.31. The predicted molar refractivity (Wildman–Crippen MR) is 136 cm³/mol. The molecule has 1 atom stereocenters. The summed E-state index contributed by atoms with van der Waals surface area (Å²) in [5.74, 6) is 0.216. The molecule has 1 fully saturated rings. The van der Waals surface area contributed by atoms with Crippen LogP contribution in [0.4, 0.5) is 5.69 Å². The molecule has 8 nitrogen and oxygen atoms in total. The van der Waals surface area contributed by atoms with Crippen LogP contribution in [-0.4, -0.2) is 56.5 Å². The van der Waals surface area contributed by atoms with Gasteiger partial charge in [-0.25, -0.2) is 8.42 Å². The Balaban J connectivity index is 1.55. The third-order valence-electron chi connectivity index (χ3n) is 6.22. The highest BCUT2D eigenvalue weighted by molar-refractivity contribution is 8.00. The summed E-state index contributed by atoms with van der Waals surface area (Å²) in [6, 6.07) is 12.3. The molecule has 188 valence electrons. The van der Waals surface area contributed by atoms with E-state index in [9.17, 15) is 18.0 Å². The number of fused-ring (bicyclic) bond motifs is 1. The van der Waals surface area contributed by atoms with Crippen LogP contribution in [-0.2, 0) is 26.2 Å². The molecule has 0 spiro atoms. The largest absolute Gasteiger partial charge is 0.497 e. The average molecular weight is 518 g/mol. The summed E-state index contributed by atoms with van der Waals surface area (Å²) in [5, 5.41) is 2.87. The number of hydrogen-bond acceptors (Lipinski definition) is 6. The van der Waals surface area contributed by atoms with Crippen LogP contribution < -0.4 is 15.0 Å². The molecule has 0 aliphatic carbocycles. The van der Waals surface area contributed by atoms with Crippen molar-refractivity contribution in [3.05, 3.63) is 48.0 Å². The Morgan fingerprint density at radius 2 is 1.83 bits per heavy atom. The van der Waals surface area contributed by atoms with Crippen molar-refractivity contribution >= 4 is 39.3 Å². The van der Waals surface area contributed by atoms with Crippen molar-refractivity contribution < 1.29 is 22.7 Å². The third kappa shape index (κ3) is 5.99. The Bertz CT molecular complexity index is 1180. The molecule has 1 unspecified atom stereocenters. The molecule has 35 heavy (non-hydrogen) atoms. The molecular weight excluding hydrogens is 486 g/mol. The van der Waals surface area contributed by atoms with Gasteiger partial charge in [0.2, 0.25) is 21.8 Å². The Morgan fingerprint density at radius 3 is 2.51 bits per heavy atom. The first kappa shape index (κ1) is 25.5. The van der Waals surface area contributed by atoms with Crippen LogP contribution in [0.5, 0.6) is 5.75 Å². The number of carbonyl (C=O) groups is 2. The number of rotatable bonds is 7. The first-order valence-corrected chi connectivity index (χ1v) is 14.1. The Morgan fingerprint density at radius 1 is 1.11 bits per heavy atom. The number of benzene rings is 2. The summed E-state index contributed by atoms with van der Waals surface area (Å²) in [5.41, 5.74) is 1.38. The second kappa shape index (κ2) is 11.0. The van der Waals surface area contributed by atoms with E-state index in [-0.39, 0.29) is 34.9 Å². The lowest BCUT2D eigenvalue weighted by Gasteiger charge is -2.27. The fourth-order valence-electron chi connectivity index (χ4n) is 4.29. The molecule has 1 saturated heterocycles. The summed E-state index contributed by atoms with van der Waals surface area (Å²) >= 11 is 1.52. The molecule has 4 rings (SSSR count). The molecule has 2 aromatic rings. The van der Waals surface area contributed by atoms with Gasteiger partial charge >= 0.3 is 0 Å². The van der Waals surface area contributed by atoms with Gasteiger partial charge in [0.1, 0.15) is 12.3 Å². The highest BCUT2D eigenvalue weighted by atomic mass is 32.2. The topological polar surface area (TPSA) is 96.0 Å². The van der Waals surface area contributed by atoms with Gasteiger partial charge in [-0.1, -0.05) is 25.5 Å². The van der Waals surface area contributed by atoms with Gasteiger partial charge in [0.15, 0.2) is 0 Å². The van der Waals surface area contributed by atoms with Crippen LogP contribution in [0.1, 0.15) is 38.2 Å². The van der Waals surface area contributed by atoms with Crippen LogP contribution in [0.3, 0.4) is 0 Å². The fourth-order valence-corrected chi connectivity index (χ4v) is 6.92. The molecule has 2 aliphatic rings. The van der Waals surface area contributed by atoms with Gasteiger partial charge in [0.25, 0.3) is 0 Å². The number of nitrogens with zero attached hydrogens (tertiary/aromatic N) is 2. The molecule has 10 heteroatoms. The van der Waals surface area contributed by atoms with Gasteiger partial charge in [-0.15, -0.1) is 11.8 Å². The van der Waals surface area contributed by atoms with E-state index in [1.807, 2.05) is 31.2 Å². The van der Waals surface area contributed by atoms with Crippen molar-refractivity contribution in [2.24, 2.45) is 0 Å². The maximum atomic E-state index is 13.3. The van der Waals surface area contributed by atoms with E-state index in [0.717, 1.165) is 35.5 Å². The fraction of sp³-hybridized carbons (Fsp3) is 0.440. The molecular formula is C25H31N3O5S2. The summed E-state index contributed by atoms with van der Waals surface area (Å²) in [4.78, 5) is 28.3. The minimum atomic E-state index is -3.67. The van der Waals surface area contributed by atoms with E-state index >= 15 is 0 Å². The standard InChI is InChI=1S/C25H31N3O5S2/c1-18-14-25(30)28(17-24(29)26-16-19-6-8-20(33-2)9-7-19)22-15-21(10-11-23(22)34-18)35(31,32)27-12-4-3-5-13-27/h6-11,15,18H,3-5,12-14,16-17H2,1-2H3,(H,26,29). The smallest absolute Gasteiger partial charge is 0.243 e. The molecule has 2 aromatic carbocycles. The number of anilines is 1. The minimum Gasteiger partial charge on any atom is -0.497 e. The van der Waals surface area contributed by atoms with Gasteiger partial charge < -0.3 is 15.0 Å². The SMILES string of the molecule is COc1ccc(CNC(=O)CN2C(=O)CC(C)Sc3ccc(S(=O)(=O)N4CCCCC4)cc32)cc1. The van der Waals surface area contributed by atoms with Gasteiger partial charge in [0, 0.05) is 36.2 Å². The van der Waals surface area contributed by atoms with Crippen LogP contribution >= 0.6 is 11.8 Å².